The molecule has 0 fully saturated rings. The number of fused-ring (bicyclic) bond motifs is 1. The normalized spacial score (nSPS) is 11.2. The summed E-state index contributed by atoms with van der Waals surface area (Å²) >= 11 is 1.57. The third-order valence-electron chi connectivity index (χ3n) is 2.84. The van der Waals surface area contributed by atoms with Crippen molar-refractivity contribution in [3.05, 3.63) is 34.7 Å². The highest BCUT2D eigenvalue weighted by molar-refractivity contribution is 7.14. The van der Waals surface area contributed by atoms with Crippen LogP contribution in [0.4, 0.5) is 5.69 Å². The second-order valence-electron chi connectivity index (χ2n) is 4.10. The van der Waals surface area contributed by atoms with Gasteiger partial charge < -0.3 is 10.2 Å². The molecule has 2 aromatic heterocycles. The van der Waals surface area contributed by atoms with Crippen LogP contribution in [0.25, 0.3) is 21.9 Å². The Kier molecular flexibility index (Phi) is 2.19. The summed E-state index contributed by atoms with van der Waals surface area (Å²) in [6.07, 6.45) is 0. The van der Waals surface area contributed by atoms with Gasteiger partial charge in [-0.25, -0.2) is 4.98 Å². The SMILES string of the molecule is Cc1csc(-c2nc3c(C)cccc3o2)c1N. The van der Waals surface area contributed by atoms with E-state index in [0.29, 0.717) is 5.89 Å². The number of nitrogen functional groups attached to an aromatic ring is 1. The predicted octanol–water partition coefficient (Wildman–Crippen LogP) is 3.76. The Morgan fingerprint density at radius 1 is 1.24 bits per heavy atom. The highest BCUT2D eigenvalue weighted by atomic mass is 32.1. The number of nitrogens with two attached hydrogens (primary N) is 1. The molecule has 4 heteroatoms. The van der Waals surface area contributed by atoms with Crippen LogP contribution in [-0.4, -0.2) is 4.98 Å². The average molecular weight is 244 g/mol. The van der Waals surface area contributed by atoms with Gasteiger partial charge in [0, 0.05) is 0 Å². The number of hydrogen-bond acceptors (Lipinski definition) is 4. The fourth-order valence-corrected chi connectivity index (χ4v) is 2.70. The van der Waals surface area contributed by atoms with Crippen LogP contribution in [0.3, 0.4) is 0 Å². The third kappa shape index (κ3) is 1.52. The molecule has 0 aliphatic heterocycles. The molecule has 0 unspecified atom stereocenters. The molecule has 0 saturated heterocycles. The summed E-state index contributed by atoms with van der Waals surface area (Å²) < 4.78 is 5.75. The number of anilines is 1. The van der Waals surface area contributed by atoms with Crippen molar-refractivity contribution < 1.29 is 4.42 Å². The Morgan fingerprint density at radius 3 is 2.71 bits per heavy atom. The van der Waals surface area contributed by atoms with Crippen molar-refractivity contribution in [3.8, 4) is 10.8 Å². The Balaban J connectivity index is 2.25. The number of rotatable bonds is 1. The minimum atomic E-state index is 0.616. The predicted molar refractivity (Wildman–Crippen MR) is 71.2 cm³/mol. The molecule has 1 aromatic carbocycles. The van der Waals surface area contributed by atoms with Gasteiger partial charge in [-0.2, -0.15) is 0 Å². The van der Waals surface area contributed by atoms with E-state index in [9.17, 15) is 0 Å². The molecule has 0 aliphatic rings. The number of hydrogen-bond donors (Lipinski definition) is 1. The Morgan fingerprint density at radius 2 is 2.06 bits per heavy atom. The first-order valence-corrected chi connectivity index (χ1v) is 6.25. The molecular formula is C13H12N2OS. The van der Waals surface area contributed by atoms with Gasteiger partial charge in [0.15, 0.2) is 5.58 Å². The molecule has 0 radical (unpaired) electrons. The van der Waals surface area contributed by atoms with Gasteiger partial charge in [0.1, 0.15) is 10.4 Å². The zero-order chi connectivity index (χ0) is 12.0. The van der Waals surface area contributed by atoms with Crippen molar-refractivity contribution >= 4 is 28.1 Å². The minimum Gasteiger partial charge on any atom is -0.435 e. The van der Waals surface area contributed by atoms with Crippen LogP contribution in [0.1, 0.15) is 11.1 Å². The first-order chi connectivity index (χ1) is 8.16. The molecule has 86 valence electrons. The van der Waals surface area contributed by atoms with Gasteiger partial charge in [-0.15, -0.1) is 11.3 Å². The fourth-order valence-electron chi connectivity index (χ4n) is 1.80. The number of benzene rings is 1. The molecular weight excluding hydrogens is 232 g/mol. The smallest absolute Gasteiger partial charge is 0.239 e. The van der Waals surface area contributed by atoms with Crippen molar-refractivity contribution in [2.24, 2.45) is 0 Å². The van der Waals surface area contributed by atoms with Gasteiger partial charge in [0.25, 0.3) is 0 Å². The van der Waals surface area contributed by atoms with Crippen molar-refractivity contribution in [1.82, 2.24) is 4.98 Å². The summed E-state index contributed by atoms with van der Waals surface area (Å²) in [6, 6.07) is 5.92. The number of oxazole rings is 1. The molecule has 0 saturated carbocycles. The first-order valence-electron chi connectivity index (χ1n) is 5.37. The zero-order valence-electron chi connectivity index (χ0n) is 9.65. The van der Waals surface area contributed by atoms with E-state index in [2.05, 4.69) is 4.98 Å². The van der Waals surface area contributed by atoms with Crippen LogP contribution < -0.4 is 5.73 Å². The number of nitrogens with zero attached hydrogens (tertiary/aromatic N) is 1. The van der Waals surface area contributed by atoms with Crippen molar-refractivity contribution in [3.63, 3.8) is 0 Å². The van der Waals surface area contributed by atoms with E-state index in [-0.39, 0.29) is 0 Å². The van der Waals surface area contributed by atoms with Crippen molar-refractivity contribution in [1.29, 1.82) is 0 Å². The topological polar surface area (TPSA) is 52.0 Å². The number of para-hydroxylation sites is 1. The molecule has 0 atom stereocenters. The molecule has 0 bridgehead atoms. The molecule has 2 N–H and O–H groups in total. The number of aryl methyl sites for hydroxylation is 2. The molecule has 17 heavy (non-hydrogen) atoms. The van der Waals surface area contributed by atoms with E-state index in [1.165, 1.54) is 0 Å². The van der Waals surface area contributed by atoms with E-state index >= 15 is 0 Å². The van der Waals surface area contributed by atoms with E-state index in [0.717, 1.165) is 32.8 Å². The van der Waals surface area contributed by atoms with Gasteiger partial charge in [0.2, 0.25) is 5.89 Å². The maximum Gasteiger partial charge on any atom is 0.239 e. The molecule has 3 aromatic rings. The second-order valence-corrected chi connectivity index (χ2v) is 4.98. The van der Waals surface area contributed by atoms with Crippen LogP contribution in [0.5, 0.6) is 0 Å². The molecule has 0 aliphatic carbocycles. The summed E-state index contributed by atoms with van der Waals surface area (Å²) in [5, 5.41) is 2.02. The Hall–Kier alpha value is -1.81. The highest BCUT2D eigenvalue weighted by Crippen LogP contribution is 2.36. The summed E-state index contributed by atoms with van der Waals surface area (Å²) in [6.45, 7) is 4.01. The van der Waals surface area contributed by atoms with Crippen LogP contribution in [0.15, 0.2) is 28.0 Å². The standard InChI is InChI=1S/C13H12N2OS/c1-7-4-3-5-9-11(7)15-13(16-9)12-10(14)8(2)6-17-12/h3-6H,14H2,1-2H3. The lowest BCUT2D eigenvalue weighted by Gasteiger charge is -1.92. The van der Waals surface area contributed by atoms with Crippen molar-refractivity contribution in [2.45, 2.75) is 13.8 Å². The van der Waals surface area contributed by atoms with Gasteiger partial charge >= 0.3 is 0 Å². The van der Waals surface area contributed by atoms with Gasteiger partial charge in [-0.1, -0.05) is 12.1 Å². The summed E-state index contributed by atoms with van der Waals surface area (Å²) in [5.74, 6) is 0.616. The summed E-state index contributed by atoms with van der Waals surface area (Å²) in [5.41, 5.74) is 10.7. The first kappa shape index (κ1) is 10.4. The highest BCUT2D eigenvalue weighted by Gasteiger charge is 2.14. The zero-order valence-corrected chi connectivity index (χ0v) is 10.5. The van der Waals surface area contributed by atoms with E-state index in [4.69, 9.17) is 10.2 Å². The molecule has 2 heterocycles. The molecule has 3 rings (SSSR count). The third-order valence-corrected chi connectivity index (χ3v) is 3.94. The Bertz CT molecular complexity index is 697. The fraction of sp³-hybridized carbons (Fsp3) is 0.154. The van der Waals surface area contributed by atoms with Crippen LogP contribution in [0.2, 0.25) is 0 Å². The van der Waals surface area contributed by atoms with Gasteiger partial charge in [0.05, 0.1) is 5.69 Å². The van der Waals surface area contributed by atoms with E-state index in [1.54, 1.807) is 11.3 Å². The maximum atomic E-state index is 6.00. The molecule has 0 amide bonds. The number of thiophene rings is 1. The lowest BCUT2D eigenvalue weighted by Crippen LogP contribution is -1.86. The minimum absolute atomic E-state index is 0.616. The van der Waals surface area contributed by atoms with Crippen LogP contribution in [-0.2, 0) is 0 Å². The maximum absolute atomic E-state index is 6.00. The van der Waals surface area contributed by atoms with Gasteiger partial charge in [-0.3, -0.25) is 0 Å². The number of aromatic nitrogens is 1. The quantitative estimate of drug-likeness (QED) is 0.709. The Labute approximate surface area is 103 Å². The molecule has 0 spiro atoms. The monoisotopic (exact) mass is 244 g/mol. The molecule has 3 nitrogen and oxygen atoms in total. The van der Waals surface area contributed by atoms with Crippen LogP contribution >= 0.6 is 11.3 Å². The summed E-state index contributed by atoms with van der Waals surface area (Å²) in [7, 11) is 0. The van der Waals surface area contributed by atoms with Crippen LogP contribution in [0, 0.1) is 13.8 Å². The lowest BCUT2D eigenvalue weighted by atomic mass is 10.2. The van der Waals surface area contributed by atoms with E-state index in [1.807, 2.05) is 37.4 Å². The van der Waals surface area contributed by atoms with Gasteiger partial charge in [-0.05, 0) is 36.4 Å². The largest absolute Gasteiger partial charge is 0.435 e. The second kappa shape index (κ2) is 3.60. The lowest BCUT2D eigenvalue weighted by molar-refractivity contribution is 0.622. The van der Waals surface area contributed by atoms with Crippen molar-refractivity contribution in [2.75, 3.05) is 5.73 Å². The average Bonchev–Trinajstić information content (AvgIpc) is 2.85. The van der Waals surface area contributed by atoms with E-state index < -0.39 is 0 Å². The summed E-state index contributed by atoms with van der Waals surface area (Å²) in [4.78, 5) is 5.44.